The number of nitrogens with two attached hydrogens (primary N) is 1. The monoisotopic (exact) mass is 248 g/mol. The fraction of sp³-hybridized carbons (Fsp3) is 0.533. The normalized spacial score (nSPS) is 12.2. The second kappa shape index (κ2) is 7.17. The zero-order valence-corrected chi connectivity index (χ0v) is 11.6. The lowest BCUT2D eigenvalue weighted by Gasteiger charge is -2.23. The van der Waals surface area contributed by atoms with Crippen LogP contribution in [0.1, 0.15) is 37.8 Å². The van der Waals surface area contributed by atoms with Gasteiger partial charge in [0.2, 0.25) is 5.91 Å². The number of carbonyl (C=O) groups excluding carboxylic acids is 1. The molecule has 0 spiro atoms. The second-order valence-corrected chi connectivity index (χ2v) is 4.71. The number of nitrogens with zero attached hydrogens (tertiary/aromatic N) is 1. The first kappa shape index (κ1) is 14.7. The molecule has 0 aromatic heterocycles. The summed E-state index contributed by atoms with van der Waals surface area (Å²) < 4.78 is 0. The number of aryl methyl sites for hydroxylation is 1. The van der Waals surface area contributed by atoms with Gasteiger partial charge in [-0.1, -0.05) is 31.2 Å². The molecule has 0 aliphatic rings. The SMILES string of the molecule is CCC(N)CC(=O)N(CC)Cc1ccccc1C. The molecule has 0 aliphatic carbocycles. The van der Waals surface area contributed by atoms with Crippen LogP contribution in [0.5, 0.6) is 0 Å². The fourth-order valence-corrected chi connectivity index (χ4v) is 1.87. The van der Waals surface area contributed by atoms with Gasteiger partial charge in [-0.2, -0.15) is 0 Å². The summed E-state index contributed by atoms with van der Waals surface area (Å²) in [6.45, 7) is 7.50. The Morgan fingerprint density at radius 2 is 2.00 bits per heavy atom. The minimum Gasteiger partial charge on any atom is -0.339 e. The van der Waals surface area contributed by atoms with Crippen molar-refractivity contribution in [2.75, 3.05) is 6.54 Å². The van der Waals surface area contributed by atoms with Crippen LogP contribution >= 0.6 is 0 Å². The van der Waals surface area contributed by atoms with Crippen molar-refractivity contribution in [3.8, 4) is 0 Å². The third-order valence-electron chi connectivity index (χ3n) is 3.32. The van der Waals surface area contributed by atoms with Crippen molar-refractivity contribution in [1.82, 2.24) is 4.90 Å². The van der Waals surface area contributed by atoms with E-state index in [4.69, 9.17) is 5.73 Å². The van der Waals surface area contributed by atoms with Crippen molar-refractivity contribution in [3.63, 3.8) is 0 Å². The maximum absolute atomic E-state index is 12.1. The maximum atomic E-state index is 12.1. The van der Waals surface area contributed by atoms with Crippen molar-refractivity contribution in [1.29, 1.82) is 0 Å². The van der Waals surface area contributed by atoms with Crippen LogP contribution in [0.25, 0.3) is 0 Å². The van der Waals surface area contributed by atoms with Crippen molar-refractivity contribution in [3.05, 3.63) is 35.4 Å². The van der Waals surface area contributed by atoms with Crippen LogP contribution in [-0.4, -0.2) is 23.4 Å². The van der Waals surface area contributed by atoms with Crippen LogP contribution in [0, 0.1) is 6.92 Å². The minimum atomic E-state index is -0.0246. The molecule has 3 nitrogen and oxygen atoms in total. The van der Waals surface area contributed by atoms with Gasteiger partial charge >= 0.3 is 0 Å². The zero-order valence-electron chi connectivity index (χ0n) is 11.6. The topological polar surface area (TPSA) is 46.3 Å². The Bertz CT molecular complexity index is 390. The predicted molar refractivity (Wildman–Crippen MR) is 75.2 cm³/mol. The van der Waals surface area contributed by atoms with Gasteiger partial charge in [0.25, 0.3) is 0 Å². The Hall–Kier alpha value is -1.35. The van der Waals surface area contributed by atoms with Crippen LogP contribution in [0.3, 0.4) is 0 Å². The first-order chi connectivity index (χ1) is 8.58. The Morgan fingerprint density at radius 3 is 2.56 bits per heavy atom. The molecule has 100 valence electrons. The smallest absolute Gasteiger partial charge is 0.224 e. The molecule has 0 fully saturated rings. The van der Waals surface area contributed by atoms with Crippen LogP contribution in [0.4, 0.5) is 0 Å². The summed E-state index contributed by atoms with van der Waals surface area (Å²) in [7, 11) is 0. The molecule has 0 bridgehead atoms. The molecule has 1 unspecified atom stereocenters. The highest BCUT2D eigenvalue weighted by Crippen LogP contribution is 2.11. The van der Waals surface area contributed by atoms with Gasteiger partial charge in [-0.25, -0.2) is 0 Å². The lowest BCUT2D eigenvalue weighted by Crippen LogP contribution is -2.35. The standard InChI is InChI=1S/C15H24N2O/c1-4-14(16)10-15(18)17(5-2)11-13-9-7-6-8-12(13)3/h6-9,14H,4-5,10-11,16H2,1-3H3. The molecule has 0 saturated carbocycles. The van der Waals surface area contributed by atoms with Gasteiger partial charge < -0.3 is 10.6 Å². The molecule has 3 heteroatoms. The Morgan fingerprint density at radius 1 is 1.33 bits per heavy atom. The largest absolute Gasteiger partial charge is 0.339 e. The first-order valence-corrected chi connectivity index (χ1v) is 6.66. The summed E-state index contributed by atoms with van der Waals surface area (Å²) in [4.78, 5) is 14.0. The molecule has 0 aliphatic heterocycles. The Balaban J connectivity index is 2.67. The van der Waals surface area contributed by atoms with E-state index < -0.39 is 0 Å². The molecule has 0 radical (unpaired) electrons. The average Bonchev–Trinajstić information content (AvgIpc) is 2.37. The van der Waals surface area contributed by atoms with E-state index in [1.165, 1.54) is 11.1 Å². The van der Waals surface area contributed by atoms with E-state index in [0.29, 0.717) is 13.0 Å². The van der Waals surface area contributed by atoms with Gasteiger partial charge in [-0.15, -0.1) is 0 Å². The molecule has 1 atom stereocenters. The Labute approximate surface area is 110 Å². The summed E-state index contributed by atoms with van der Waals surface area (Å²) in [6.07, 6.45) is 1.28. The van der Waals surface area contributed by atoms with Crippen LogP contribution in [-0.2, 0) is 11.3 Å². The molecule has 0 saturated heterocycles. The fourth-order valence-electron chi connectivity index (χ4n) is 1.87. The van der Waals surface area contributed by atoms with Crippen LogP contribution in [0.2, 0.25) is 0 Å². The lowest BCUT2D eigenvalue weighted by atomic mass is 10.1. The molecule has 1 aromatic rings. The van der Waals surface area contributed by atoms with Crippen LogP contribution < -0.4 is 5.73 Å². The molecule has 1 rings (SSSR count). The van der Waals surface area contributed by atoms with Gasteiger partial charge in [-0.3, -0.25) is 4.79 Å². The summed E-state index contributed by atoms with van der Waals surface area (Å²) in [5, 5.41) is 0. The Kier molecular flexibility index (Phi) is 5.86. The van der Waals surface area contributed by atoms with Crippen molar-refractivity contribution in [2.24, 2.45) is 5.73 Å². The highest BCUT2D eigenvalue weighted by Gasteiger charge is 2.15. The summed E-state index contributed by atoms with van der Waals surface area (Å²) in [5.41, 5.74) is 8.27. The lowest BCUT2D eigenvalue weighted by molar-refractivity contribution is -0.132. The molecule has 1 amide bonds. The quantitative estimate of drug-likeness (QED) is 0.840. The van der Waals surface area contributed by atoms with E-state index >= 15 is 0 Å². The first-order valence-electron chi connectivity index (χ1n) is 6.66. The third-order valence-corrected chi connectivity index (χ3v) is 3.32. The van der Waals surface area contributed by atoms with E-state index in [9.17, 15) is 4.79 Å². The third kappa shape index (κ3) is 4.15. The van der Waals surface area contributed by atoms with Gasteiger partial charge in [-0.05, 0) is 31.4 Å². The van der Waals surface area contributed by atoms with Crippen molar-refractivity contribution < 1.29 is 4.79 Å². The van der Waals surface area contributed by atoms with E-state index in [1.54, 1.807) is 0 Å². The molecule has 18 heavy (non-hydrogen) atoms. The molecule has 1 aromatic carbocycles. The molecule has 0 heterocycles. The predicted octanol–water partition coefficient (Wildman–Crippen LogP) is 2.47. The van der Waals surface area contributed by atoms with E-state index in [2.05, 4.69) is 19.1 Å². The summed E-state index contributed by atoms with van der Waals surface area (Å²) in [5.74, 6) is 0.148. The van der Waals surface area contributed by atoms with E-state index in [-0.39, 0.29) is 11.9 Å². The molecular weight excluding hydrogens is 224 g/mol. The minimum absolute atomic E-state index is 0.0246. The maximum Gasteiger partial charge on any atom is 0.224 e. The van der Waals surface area contributed by atoms with E-state index in [0.717, 1.165) is 13.0 Å². The second-order valence-electron chi connectivity index (χ2n) is 4.71. The highest BCUT2D eigenvalue weighted by molar-refractivity contribution is 5.76. The zero-order chi connectivity index (χ0) is 13.5. The van der Waals surface area contributed by atoms with Crippen LogP contribution in [0.15, 0.2) is 24.3 Å². The van der Waals surface area contributed by atoms with Gasteiger partial charge in [0.15, 0.2) is 0 Å². The number of benzene rings is 1. The summed E-state index contributed by atoms with van der Waals surface area (Å²) >= 11 is 0. The van der Waals surface area contributed by atoms with Crippen molar-refractivity contribution >= 4 is 5.91 Å². The summed E-state index contributed by atoms with van der Waals surface area (Å²) in [6, 6.07) is 8.15. The number of carbonyl (C=O) groups is 1. The average molecular weight is 248 g/mol. The highest BCUT2D eigenvalue weighted by atomic mass is 16.2. The number of amides is 1. The van der Waals surface area contributed by atoms with Gasteiger partial charge in [0.1, 0.15) is 0 Å². The number of hydrogen-bond acceptors (Lipinski definition) is 2. The van der Waals surface area contributed by atoms with Gasteiger partial charge in [0.05, 0.1) is 0 Å². The van der Waals surface area contributed by atoms with E-state index in [1.807, 2.05) is 30.9 Å². The molecule has 2 N–H and O–H groups in total. The number of rotatable bonds is 6. The molecular formula is C15H24N2O. The number of hydrogen-bond donors (Lipinski definition) is 1. The van der Waals surface area contributed by atoms with Crippen molar-refractivity contribution in [2.45, 2.75) is 46.2 Å². The van der Waals surface area contributed by atoms with Gasteiger partial charge in [0, 0.05) is 25.6 Å².